The highest BCUT2D eigenvalue weighted by Crippen LogP contribution is 2.22. The normalized spacial score (nSPS) is 10.7. The summed E-state index contributed by atoms with van der Waals surface area (Å²) in [4.78, 5) is 16.4. The van der Waals surface area contributed by atoms with Crippen LogP contribution < -0.4 is 0 Å². The van der Waals surface area contributed by atoms with Crippen LogP contribution in [0.1, 0.15) is 15.9 Å². The van der Waals surface area contributed by atoms with Crippen LogP contribution >= 0.6 is 0 Å². The summed E-state index contributed by atoms with van der Waals surface area (Å²) in [5.41, 5.74) is 2.47. The molecule has 3 rings (SSSR count). The monoisotopic (exact) mass is 236 g/mol. The van der Waals surface area contributed by atoms with Crippen molar-refractivity contribution in [3.63, 3.8) is 0 Å². The van der Waals surface area contributed by atoms with Crippen LogP contribution in [0.15, 0.2) is 55.0 Å². The van der Waals surface area contributed by atoms with E-state index in [1.165, 1.54) is 0 Å². The van der Waals surface area contributed by atoms with Crippen molar-refractivity contribution in [1.29, 1.82) is 0 Å². The minimum Gasteiger partial charge on any atom is -0.350 e. The number of carbonyl (C=O) groups excluding carboxylic acids is 1. The molecule has 0 saturated carbocycles. The van der Waals surface area contributed by atoms with Gasteiger partial charge in [-0.2, -0.15) is 0 Å². The van der Waals surface area contributed by atoms with Crippen molar-refractivity contribution < 1.29 is 4.79 Å². The maximum atomic E-state index is 12.4. The van der Waals surface area contributed by atoms with E-state index in [0.29, 0.717) is 5.56 Å². The van der Waals surface area contributed by atoms with E-state index in [1.54, 1.807) is 24.5 Å². The Balaban J connectivity index is 2.19. The number of hydrogen-bond donors (Lipinski definition) is 0. The number of aromatic nitrogens is 2. The highest BCUT2D eigenvalue weighted by atomic mass is 16.1. The van der Waals surface area contributed by atoms with Gasteiger partial charge in [-0.25, -0.2) is 0 Å². The minimum absolute atomic E-state index is 0.0363. The number of nitrogens with zero attached hydrogens (tertiary/aromatic N) is 2. The maximum absolute atomic E-state index is 12.4. The van der Waals surface area contributed by atoms with E-state index in [9.17, 15) is 4.79 Å². The van der Waals surface area contributed by atoms with Crippen LogP contribution in [0.2, 0.25) is 0 Å². The fraction of sp³-hybridized carbons (Fsp3) is 0.0667. The van der Waals surface area contributed by atoms with Gasteiger partial charge >= 0.3 is 0 Å². The number of aryl methyl sites for hydroxylation is 1. The van der Waals surface area contributed by atoms with Crippen LogP contribution in [-0.2, 0) is 7.05 Å². The molecule has 0 aliphatic heterocycles. The summed E-state index contributed by atoms with van der Waals surface area (Å²) < 4.78 is 1.98. The third-order valence-corrected chi connectivity index (χ3v) is 3.08. The Kier molecular flexibility index (Phi) is 2.45. The van der Waals surface area contributed by atoms with E-state index in [4.69, 9.17) is 0 Å². The summed E-state index contributed by atoms with van der Waals surface area (Å²) in [6, 6.07) is 11.4. The lowest BCUT2D eigenvalue weighted by Crippen LogP contribution is -2.00. The fourth-order valence-electron chi connectivity index (χ4n) is 2.18. The summed E-state index contributed by atoms with van der Waals surface area (Å²) in [6.07, 6.45) is 5.16. The van der Waals surface area contributed by atoms with Crippen molar-refractivity contribution in [2.75, 3.05) is 0 Å². The first kappa shape index (κ1) is 10.7. The van der Waals surface area contributed by atoms with Crippen molar-refractivity contribution >= 4 is 16.7 Å². The first-order valence-electron chi connectivity index (χ1n) is 5.76. The zero-order valence-electron chi connectivity index (χ0n) is 10.00. The number of para-hydroxylation sites is 1. The second-order valence-corrected chi connectivity index (χ2v) is 4.24. The first-order valence-corrected chi connectivity index (χ1v) is 5.76. The molecular formula is C15H12N2O. The molecular weight excluding hydrogens is 224 g/mol. The molecule has 0 unspecified atom stereocenters. The number of ketones is 1. The van der Waals surface area contributed by atoms with Crippen molar-refractivity contribution in [2.24, 2.45) is 7.05 Å². The second-order valence-electron chi connectivity index (χ2n) is 4.24. The molecule has 0 aliphatic rings. The molecule has 3 aromatic rings. The Morgan fingerprint density at radius 1 is 1.11 bits per heavy atom. The first-order chi connectivity index (χ1) is 8.77. The van der Waals surface area contributed by atoms with Crippen LogP contribution in [0.3, 0.4) is 0 Å². The van der Waals surface area contributed by atoms with Crippen molar-refractivity contribution in [3.05, 3.63) is 66.1 Å². The molecule has 3 nitrogen and oxygen atoms in total. The van der Waals surface area contributed by atoms with Gasteiger partial charge in [-0.15, -0.1) is 0 Å². The zero-order valence-corrected chi connectivity index (χ0v) is 10.00. The lowest BCUT2D eigenvalue weighted by Gasteiger charge is -1.98. The van der Waals surface area contributed by atoms with Gasteiger partial charge in [0.25, 0.3) is 0 Å². The van der Waals surface area contributed by atoms with Gasteiger partial charge < -0.3 is 4.57 Å². The van der Waals surface area contributed by atoms with Crippen LogP contribution in [0.25, 0.3) is 10.9 Å². The molecule has 0 bridgehead atoms. The van der Waals surface area contributed by atoms with Gasteiger partial charge in [0.05, 0.1) is 0 Å². The van der Waals surface area contributed by atoms with Crippen LogP contribution in [0.5, 0.6) is 0 Å². The molecule has 3 heteroatoms. The molecule has 2 aromatic heterocycles. The Hall–Kier alpha value is -2.42. The molecule has 0 fully saturated rings. The number of fused-ring (bicyclic) bond motifs is 1. The van der Waals surface area contributed by atoms with Crippen LogP contribution in [0, 0.1) is 0 Å². The maximum Gasteiger partial charge on any atom is 0.195 e. The Morgan fingerprint density at radius 3 is 2.61 bits per heavy atom. The number of rotatable bonds is 2. The summed E-state index contributed by atoms with van der Waals surface area (Å²) in [5, 5.41) is 0.988. The lowest BCUT2D eigenvalue weighted by molar-refractivity contribution is 0.104. The average Bonchev–Trinajstić information content (AvgIpc) is 2.77. The molecule has 0 amide bonds. The van der Waals surface area contributed by atoms with Gasteiger partial charge in [-0.05, 0) is 18.2 Å². The van der Waals surface area contributed by atoms with Gasteiger partial charge in [0, 0.05) is 47.7 Å². The standard InChI is InChI=1S/C15H12N2O/c1-17-10-13(12-4-2-3-5-14(12)17)15(18)11-6-8-16-9-7-11/h2-10H,1H3. The summed E-state index contributed by atoms with van der Waals surface area (Å²) >= 11 is 0. The van der Waals surface area contributed by atoms with Crippen molar-refractivity contribution in [2.45, 2.75) is 0 Å². The van der Waals surface area contributed by atoms with Gasteiger partial charge in [-0.1, -0.05) is 18.2 Å². The topological polar surface area (TPSA) is 34.9 Å². The van der Waals surface area contributed by atoms with Gasteiger partial charge in [0.1, 0.15) is 0 Å². The van der Waals surface area contributed by atoms with Gasteiger partial charge in [0.2, 0.25) is 0 Å². The Labute approximate surface area is 105 Å². The molecule has 0 N–H and O–H groups in total. The summed E-state index contributed by atoms with van der Waals surface area (Å²) in [7, 11) is 1.95. The third-order valence-electron chi connectivity index (χ3n) is 3.08. The Bertz CT molecular complexity index is 714. The molecule has 2 heterocycles. The summed E-state index contributed by atoms with van der Waals surface area (Å²) in [5.74, 6) is 0.0363. The fourth-order valence-corrected chi connectivity index (χ4v) is 2.18. The molecule has 1 aromatic carbocycles. The Morgan fingerprint density at radius 2 is 1.83 bits per heavy atom. The quantitative estimate of drug-likeness (QED) is 0.641. The zero-order chi connectivity index (χ0) is 12.5. The van der Waals surface area contributed by atoms with Gasteiger partial charge in [0.15, 0.2) is 5.78 Å². The van der Waals surface area contributed by atoms with E-state index in [2.05, 4.69) is 4.98 Å². The number of hydrogen-bond acceptors (Lipinski definition) is 2. The summed E-state index contributed by atoms with van der Waals surface area (Å²) in [6.45, 7) is 0. The molecule has 18 heavy (non-hydrogen) atoms. The number of pyridine rings is 1. The number of carbonyl (C=O) groups is 1. The SMILES string of the molecule is Cn1cc(C(=O)c2ccncc2)c2ccccc21. The van der Waals surface area contributed by atoms with Crippen LogP contribution in [0.4, 0.5) is 0 Å². The predicted molar refractivity (Wildman–Crippen MR) is 70.6 cm³/mol. The average molecular weight is 236 g/mol. The molecule has 0 aliphatic carbocycles. The van der Waals surface area contributed by atoms with Crippen molar-refractivity contribution in [3.8, 4) is 0 Å². The smallest absolute Gasteiger partial charge is 0.195 e. The second kappa shape index (κ2) is 4.11. The van der Waals surface area contributed by atoms with Crippen LogP contribution in [-0.4, -0.2) is 15.3 Å². The predicted octanol–water partition coefficient (Wildman–Crippen LogP) is 2.80. The van der Waals surface area contributed by atoms with Gasteiger partial charge in [-0.3, -0.25) is 9.78 Å². The van der Waals surface area contributed by atoms with E-state index in [1.807, 2.05) is 42.1 Å². The highest BCUT2D eigenvalue weighted by molar-refractivity contribution is 6.16. The minimum atomic E-state index is 0.0363. The van der Waals surface area contributed by atoms with E-state index < -0.39 is 0 Å². The molecule has 0 saturated heterocycles. The van der Waals surface area contributed by atoms with E-state index in [0.717, 1.165) is 16.5 Å². The van der Waals surface area contributed by atoms with Crippen molar-refractivity contribution in [1.82, 2.24) is 9.55 Å². The molecule has 0 spiro atoms. The molecule has 88 valence electrons. The highest BCUT2D eigenvalue weighted by Gasteiger charge is 2.14. The van der Waals surface area contributed by atoms with E-state index >= 15 is 0 Å². The largest absolute Gasteiger partial charge is 0.350 e. The number of benzene rings is 1. The van der Waals surface area contributed by atoms with E-state index in [-0.39, 0.29) is 5.78 Å². The molecule has 0 atom stereocenters. The molecule has 0 radical (unpaired) electrons. The lowest BCUT2D eigenvalue weighted by atomic mass is 10.0. The third kappa shape index (κ3) is 1.61.